The highest BCUT2D eigenvalue weighted by molar-refractivity contribution is 6.30. The molecule has 2 rings (SSSR count). The van der Waals surface area contributed by atoms with E-state index < -0.39 is 0 Å². The van der Waals surface area contributed by atoms with Crippen LogP contribution in [0.5, 0.6) is 0 Å². The number of nitrogens with one attached hydrogen (secondary N) is 1. The number of nitrogens with zero attached hydrogens (tertiary/aromatic N) is 1. The summed E-state index contributed by atoms with van der Waals surface area (Å²) in [6.07, 6.45) is 3.73. The Morgan fingerprint density at radius 3 is 2.65 bits per heavy atom. The molecule has 1 fully saturated rings. The van der Waals surface area contributed by atoms with Crippen molar-refractivity contribution in [1.29, 1.82) is 0 Å². The van der Waals surface area contributed by atoms with E-state index in [1.54, 1.807) is 24.3 Å². The molecule has 0 aromatic heterocycles. The van der Waals surface area contributed by atoms with Crippen molar-refractivity contribution < 1.29 is 9.59 Å². The number of carbonyl (C=O) groups excluding carboxylic acids is 2. The summed E-state index contributed by atoms with van der Waals surface area (Å²) in [5.74, 6) is -0.0740. The summed E-state index contributed by atoms with van der Waals surface area (Å²) in [6.45, 7) is 2.06. The second-order valence-electron chi connectivity index (χ2n) is 4.96. The van der Waals surface area contributed by atoms with Gasteiger partial charge in [0.25, 0.3) is 5.91 Å². The fraction of sp³-hybridized carbons (Fsp3) is 0.467. The van der Waals surface area contributed by atoms with Gasteiger partial charge in [-0.15, -0.1) is 0 Å². The molecule has 5 heteroatoms. The zero-order valence-electron chi connectivity index (χ0n) is 11.4. The van der Waals surface area contributed by atoms with Crippen molar-refractivity contribution >= 4 is 23.4 Å². The molecule has 1 aromatic carbocycles. The molecule has 20 heavy (non-hydrogen) atoms. The Bertz CT molecular complexity index is 485. The van der Waals surface area contributed by atoms with Gasteiger partial charge in [-0.2, -0.15) is 0 Å². The highest BCUT2D eigenvalue weighted by Crippen LogP contribution is 2.11. The topological polar surface area (TPSA) is 49.4 Å². The normalized spacial score (nSPS) is 14.9. The largest absolute Gasteiger partial charge is 0.352 e. The van der Waals surface area contributed by atoms with Crippen molar-refractivity contribution in [1.82, 2.24) is 10.2 Å². The Morgan fingerprint density at radius 2 is 1.95 bits per heavy atom. The van der Waals surface area contributed by atoms with E-state index in [1.165, 1.54) is 6.42 Å². The highest BCUT2D eigenvalue weighted by atomic mass is 35.5. The van der Waals surface area contributed by atoms with Crippen LogP contribution in [0.25, 0.3) is 0 Å². The van der Waals surface area contributed by atoms with Gasteiger partial charge in [0, 0.05) is 36.6 Å². The number of hydrogen-bond donors (Lipinski definition) is 1. The lowest BCUT2D eigenvalue weighted by Crippen LogP contribution is -2.37. The van der Waals surface area contributed by atoms with Crippen molar-refractivity contribution in [3.63, 3.8) is 0 Å². The second-order valence-corrected chi connectivity index (χ2v) is 5.39. The van der Waals surface area contributed by atoms with Gasteiger partial charge in [0.2, 0.25) is 5.91 Å². The van der Waals surface area contributed by atoms with Crippen LogP contribution in [0.15, 0.2) is 24.3 Å². The third-order valence-electron chi connectivity index (χ3n) is 3.42. The number of benzene rings is 1. The predicted molar refractivity (Wildman–Crippen MR) is 78.8 cm³/mol. The molecule has 1 aliphatic rings. The molecule has 0 unspecified atom stereocenters. The number of halogens is 1. The molecule has 108 valence electrons. The van der Waals surface area contributed by atoms with Crippen molar-refractivity contribution in [2.75, 3.05) is 19.6 Å². The number of carbonyl (C=O) groups is 2. The quantitative estimate of drug-likeness (QED) is 0.927. The fourth-order valence-corrected chi connectivity index (χ4v) is 2.51. The monoisotopic (exact) mass is 294 g/mol. The molecule has 0 radical (unpaired) electrons. The van der Waals surface area contributed by atoms with E-state index in [-0.39, 0.29) is 11.8 Å². The van der Waals surface area contributed by atoms with Gasteiger partial charge in [0.15, 0.2) is 0 Å². The molecule has 0 saturated carbocycles. The zero-order valence-corrected chi connectivity index (χ0v) is 12.2. The van der Waals surface area contributed by atoms with Crippen molar-refractivity contribution in [2.24, 2.45) is 0 Å². The van der Waals surface area contributed by atoms with Crippen LogP contribution in [-0.4, -0.2) is 36.3 Å². The first-order chi connectivity index (χ1) is 9.66. The zero-order chi connectivity index (χ0) is 14.4. The highest BCUT2D eigenvalue weighted by Gasteiger charge is 2.16. The van der Waals surface area contributed by atoms with Gasteiger partial charge in [-0.1, -0.05) is 17.7 Å². The van der Waals surface area contributed by atoms with E-state index in [1.807, 2.05) is 4.90 Å². The van der Waals surface area contributed by atoms with Crippen LogP contribution in [-0.2, 0) is 4.79 Å². The SMILES string of the molecule is O=C(NCCC(=O)N1CCCCC1)c1cccc(Cl)c1. The lowest BCUT2D eigenvalue weighted by atomic mass is 10.1. The average molecular weight is 295 g/mol. The molecule has 1 aliphatic heterocycles. The van der Waals surface area contributed by atoms with Crippen LogP contribution in [0.2, 0.25) is 5.02 Å². The van der Waals surface area contributed by atoms with Crippen LogP contribution in [0.4, 0.5) is 0 Å². The van der Waals surface area contributed by atoms with Gasteiger partial charge in [-0.25, -0.2) is 0 Å². The van der Waals surface area contributed by atoms with Crippen LogP contribution in [0.1, 0.15) is 36.0 Å². The molecule has 2 amide bonds. The van der Waals surface area contributed by atoms with Gasteiger partial charge < -0.3 is 10.2 Å². The molecule has 0 bridgehead atoms. The van der Waals surface area contributed by atoms with Crippen molar-refractivity contribution in [2.45, 2.75) is 25.7 Å². The van der Waals surface area contributed by atoms with E-state index >= 15 is 0 Å². The van der Waals surface area contributed by atoms with E-state index in [9.17, 15) is 9.59 Å². The predicted octanol–water partition coefficient (Wildman–Crippen LogP) is 2.47. The van der Waals surface area contributed by atoms with Gasteiger partial charge in [0.1, 0.15) is 0 Å². The maximum Gasteiger partial charge on any atom is 0.251 e. The smallest absolute Gasteiger partial charge is 0.251 e. The van der Waals surface area contributed by atoms with Gasteiger partial charge >= 0.3 is 0 Å². The van der Waals surface area contributed by atoms with Crippen molar-refractivity contribution in [3.05, 3.63) is 34.9 Å². The Kier molecular flexibility index (Phi) is 5.41. The molecule has 0 spiro atoms. The minimum atomic E-state index is -0.195. The minimum Gasteiger partial charge on any atom is -0.352 e. The summed E-state index contributed by atoms with van der Waals surface area (Å²) in [4.78, 5) is 25.7. The lowest BCUT2D eigenvalue weighted by Gasteiger charge is -2.26. The van der Waals surface area contributed by atoms with Gasteiger partial charge in [-0.05, 0) is 37.5 Å². The summed E-state index contributed by atoms with van der Waals surface area (Å²) < 4.78 is 0. The summed E-state index contributed by atoms with van der Waals surface area (Å²) in [5, 5.41) is 3.28. The van der Waals surface area contributed by atoms with E-state index in [4.69, 9.17) is 11.6 Å². The molecular formula is C15H19ClN2O2. The fourth-order valence-electron chi connectivity index (χ4n) is 2.32. The molecule has 4 nitrogen and oxygen atoms in total. The summed E-state index contributed by atoms with van der Waals surface area (Å²) in [7, 11) is 0. The number of likely N-dealkylation sites (tertiary alicyclic amines) is 1. The average Bonchev–Trinajstić information content (AvgIpc) is 2.48. The third-order valence-corrected chi connectivity index (χ3v) is 3.66. The van der Waals surface area contributed by atoms with E-state index in [0.29, 0.717) is 23.6 Å². The molecule has 1 N–H and O–H groups in total. The molecule has 1 heterocycles. The van der Waals surface area contributed by atoms with Crippen LogP contribution >= 0.6 is 11.6 Å². The first-order valence-corrected chi connectivity index (χ1v) is 7.36. The second kappa shape index (κ2) is 7.29. The van der Waals surface area contributed by atoms with E-state index in [2.05, 4.69) is 5.32 Å². The first kappa shape index (κ1) is 14.9. The molecular weight excluding hydrogens is 276 g/mol. The summed E-state index contributed by atoms with van der Waals surface area (Å²) in [5.41, 5.74) is 0.517. The Hall–Kier alpha value is -1.55. The number of amides is 2. The van der Waals surface area contributed by atoms with Crippen LogP contribution < -0.4 is 5.32 Å². The summed E-state index contributed by atoms with van der Waals surface area (Å²) >= 11 is 5.83. The van der Waals surface area contributed by atoms with E-state index in [0.717, 1.165) is 25.9 Å². The standard InChI is InChI=1S/C15H19ClN2O2/c16-13-6-4-5-12(11-13)15(20)17-8-7-14(19)18-9-2-1-3-10-18/h4-6,11H,1-3,7-10H2,(H,17,20). The number of piperidine rings is 1. The Labute approximate surface area is 124 Å². The molecule has 1 saturated heterocycles. The maximum atomic E-state index is 11.9. The third kappa shape index (κ3) is 4.23. The Morgan fingerprint density at radius 1 is 1.20 bits per heavy atom. The lowest BCUT2D eigenvalue weighted by molar-refractivity contribution is -0.131. The summed E-state index contributed by atoms with van der Waals surface area (Å²) in [6, 6.07) is 6.77. The number of rotatable bonds is 4. The Balaban J connectivity index is 1.75. The van der Waals surface area contributed by atoms with Crippen molar-refractivity contribution in [3.8, 4) is 0 Å². The van der Waals surface area contributed by atoms with Gasteiger partial charge in [0.05, 0.1) is 0 Å². The van der Waals surface area contributed by atoms with Gasteiger partial charge in [-0.3, -0.25) is 9.59 Å². The molecule has 1 aromatic rings. The molecule has 0 aliphatic carbocycles. The van der Waals surface area contributed by atoms with Crippen LogP contribution in [0.3, 0.4) is 0 Å². The van der Waals surface area contributed by atoms with Crippen LogP contribution in [0, 0.1) is 0 Å². The number of hydrogen-bond acceptors (Lipinski definition) is 2. The maximum absolute atomic E-state index is 11.9. The molecule has 0 atom stereocenters. The first-order valence-electron chi connectivity index (χ1n) is 6.98. The minimum absolute atomic E-state index is 0.121.